The molecule has 1 aliphatic rings. The number of aromatic nitrogens is 2. The lowest BCUT2D eigenvalue weighted by Crippen LogP contribution is -2.28. The smallest absolute Gasteiger partial charge is 0.383 e. The summed E-state index contributed by atoms with van der Waals surface area (Å²) in [5.74, 6) is 0.323. The van der Waals surface area contributed by atoms with Crippen molar-refractivity contribution in [3.05, 3.63) is 22.7 Å². The average Bonchev–Trinajstić information content (AvgIpc) is 2.90. The Bertz CT molecular complexity index is 892. The zero-order chi connectivity index (χ0) is 20.5. The van der Waals surface area contributed by atoms with Crippen molar-refractivity contribution in [3.63, 3.8) is 0 Å². The number of nitrogen functional groups attached to an aromatic ring is 1. The Morgan fingerprint density at radius 1 is 1.37 bits per heavy atom. The number of phosphoric acid groups is 2. The van der Waals surface area contributed by atoms with Crippen LogP contribution in [0.3, 0.4) is 0 Å². The maximum absolute atomic E-state index is 11.8. The maximum Gasteiger partial charge on any atom is 0.487 e. The summed E-state index contributed by atoms with van der Waals surface area (Å²) in [7, 11) is -10.5. The SMILES string of the molecule is [B]P(=O)(OC[C@@H]1O[C@H](n2ccc(N)nc2=O)CS1)OP(=O)(O)OP(=O)(O)O. The van der Waals surface area contributed by atoms with Gasteiger partial charge in [0.15, 0.2) is 0 Å². The van der Waals surface area contributed by atoms with Crippen LogP contribution in [0.2, 0.25) is 0 Å². The standard InChI is InChI=1S/C8H13BN3O11P3S/c9-24(14,22-26(18,19)23-25(15,16)17)20-3-7-21-6(4-27-7)12-2-1-5(10)11-8(12)13/h1-2,6-7H,3-4H2,(H,18,19)(H2,10,11,13)(H2,15,16,17)/t6-,7+,24?/m0/s1. The van der Waals surface area contributed by atoms with Crippen LogP contribution in [0.15, 0.2) is 17.1 Å². The van der Waals surface area contributed by atoms with Crippen molar-refractivity contribution in [2.24, 2.45) is 0 Å². The summed E-state index contributed by atoms with van der Waals surface area (Å²) in [6.45, 7) is -0.498. The second-order valence-corrected chi connectivity index (χ2v) is 10.6. The molecule has 0 amide bonds. The normalized spacial score (nSPS) is 25.0. The highest BCUT2D eigenvalue weighted by Crippen LogP contribution is 2.66. The van der Waals surface area contributed by atoms with Crippen LogP contribution in [0, 0.1) is 0 Å². The molecule has 2 radical (unpaired) electrons. The molecule has 14 nitrogen and oxygen atoms in total. The lowest BCUT2D eigenvalue weighted by molar-refractivity contribution is -0.00280. The minimum absolute atomic E-state index is 0.0361. The van der Waals surface area contributed by atoms with Crippen molar-refractivity contribution in [2.45, 2.75) is 11.7 Å². The van der Waals surface area contributed by atoms with Crippen LogP contribution in [-0.4, -0.2) is 49.6 Å². The van der Waals surface area contributed by atoms with Crippen LogP contribution in [0.4, 0.5) is 5.82 Å². The molecule has 0 saturated carbocycles. The Labute approximate surface area is 157 Å². The second kappa shape index (κ2) is 8.48. The summed E-state index contributed by atoms with van der Waals surface area (Å²) < 4.78 is 52.5. The van der Waals surface area contributed by atoms with E-state index in [1.54, 1.807) is 0 Å². The van der Waals surface area contributed by atoms with E-state index >= 15 is 0 Å². The molecule has 0 bridgehead atoms. The fourth-order valence-corrected chi connectivity index (χ4v) is 6.04. The van der Waals surface area contributed by atoms with Gasteiger partial charge in [-0.05, 0) is 6.07 Å². The van der Waals surface area contributed by atoms with E-state index in [1.807, 2.05) is 0 Å². The van der Waals surface area contributed by atoms with E-state index in [-0.39, 0.29) is 11.6 Å². The van der Waals surface area contributed by atoms with Gasteiger partial charge in [-0.1, -0.05) is 0 Å². The van der Waals surface area contributed by atoms with E-state index in [0.717, 1.165) is 16.3 Å². The monoisotopic (exact) mass is 463 g/mol. The van der Waals surface area contributed by atoms with Crippen LogP contribution in [0.1, 0.15) is 6.23 Å². The van der Waals surface area contributed by atoms with Gasteiger partial charge in [-0.15, -0.1) is 11.8 Å². The predicted octanol–water partition coefficient (Wildman–Crippen LogP) is -0.0669. The molecule has 0 aromatic carbocycles. The summed E-state index contributed by atoms with van der Waals surface area (Å²) >= 11 is 1.14. The van der Waals surface area contributed by atoms with Gasteiger partial charge in [0.2, 0.25) is 7.57 Å². The molecule has 2 rings (SSSR count). The molecule has 5 N–H and O–H groups in total. The largest absolute Gasteiger partial charge is 0.487 e. The maximum atomic E-state index is 11.8. The van der Waals surface area contributed by atoms with Gasteiger partial charge in [-0.25, -0.2) is 18.2 Å². The Morgan fingerprint density at radius 3 is 2.63 bits per heavy atom. The molecule has 1 aromatic rings. The van der Waals surface area contributed by atoms with Gasteiger partial charge in [-0.3, -0.25) is 9.13 Å². The molecule has 1 aromatic heterocycles. The third-order valence-corrected chi connectivity index (χ3v) is 7.73. The van der Waals surface area contributed by atoms with Crippen molar-refractivity contribution < 1.29 is 46.3 Å². The lowest BCUT2D eigenvalue weighted by atomic mass is 10.5. The molecule has 19 heteroatoms. The van der Waals surface area contributed by atoms with Crippen LogP contribution >= 0.6 is 34.9 Å². The number of nitrogens with two attached hydrogens (primary N) is 1. The van der Waals surface area contributed by atoms with Crippen molar-refractivity contribution >= 4 is 48.3 Å². The van der Waals surface area contributed by atoms with E-state index in [0.29, 0.717) is 0 Å². The van der Waals surface area contributed by atoms with E-state index in [4.69, 9.17) is 32.7 Å². The van der Waals surface area contributed by atoms with Crippen LogP contribution in [0.5, 0.6) is 0 Å². The highest BCUT2D eigenvalue weighted by atomic mass is 32.2. The molecule has 1 saturated heterocycles. The highest BCUT2D eigenvalue weighted by Gasteiger charge is 2.39. The number of ether oxygens (including phenoxy) is 1. The van der Waals surface area contributed by atoms with E-state index < -0.39 is 47.1 Å². The number of hydrogen-bond acceptors (Lipinski definition) is 11. The first-order valence-electron chi connectivity index (χ1n) is 6.72. The molecule has 150 valence electrons. The molecular formula is C8H13BN3O11P3S. The number of nitrogens with zero attached hydrogens (tertiary/aromatic N) is 2. The Kier molecular flexibility index (Phi) is 7.16. The van der Waals surface area contributed by atoms with Crippen LogP contribution in [0.25, 0.3) is 0 Å². The summed E-state index contributed by atoms with van der Waals surface area (Å²) in [5, 5.41) is 0. The predicted molar refractivity (Wildman–Crippen MR) is 92.6 cm³/mol. The zero-order valence-corrected chi connectivity index (χ0v) is 16.6. The van der Waals surface area contributed by atoms with Gasteiger partial charge in [0, 0.05) is 11.9 Å². The topological polar surface area (TPSA) is 210 Å². The summed E-state index contributed by atoms with van der Waals surface area (Å²) in [5.41, 5.74) is 3.95. The zero-order valence-electron chi connectivity index (χ0n) is 13.1. The van der Waals surface area contributed by atoms with Crippen molar-refractivity contribution in [3.8, 4) is 0 Å². The first-order chi connectivity index (χ1) is 12.3. The Morgan fingerprint density at radius 2 is 2.04 bits per heavy atom. The van der Waals surface area contributed by atoms with Crippen molar-refractivity contribution in [1.82, 2.24) is 9.55 Å². The first-order valence-corrected chi connectivity index (χ1v) is 12.4. The van der Waals surface area contributed by atoms with Gasteiger partial charge in [0.1, 0.15) is 17.5 Å². The third kappa shape index (κ3) is 7.45. The Hall–Kier alpha value is -0.495. The molecule has 1 aliphatic heterocycles. The number of anilines is 1. The lowest BCUT2D eigenvalue weighted by Gasteiger charge is -2.20. The summed E-state index contributed by atoms with van der Waals surface area (Å²) in [6.07, 6.45) is 0.640. The van der Waals surface area contributed by atoms with Crippen LogP contribution in [-0.2, 0) is 31.6 Å². The van der Waals surface area contributed by atoms with E-state index in [2.05, 4.69) is 18.1 Å². The number of rotatable bonds is 8. The number of hydrogen-bond donors (Lipinski definition) is 4. The first kappa shape index (κ1) is 22.8. The fraction of sp³-hybridized carbons (Fsp3) is 0.500. The summed E-state index contributed by atoms with van der Waals surface area (Å²) in [4.78, 5) is 41.4. The minimum atomic E-state index is -5.46. The molecular weight excluding hydrogens is 450 g/mol. The second-order valence-electron chi connectivity index (χ2n) is 4.85. The van der Waals surface area contributed by atoms with Crippen molar-refractivity contribution in [2.75, 3.05) is 18.1 Å². The van der Waals surface area contributed by atoms with E-state index in [9.17, 15) is 18.5 Å². The molecule has 2 unspecified atom stereocenters. The molecule has 2 heterocycles. The quantitative estimate of drug-likeness (QED) is 0.294. The molecule has 27 heavy (non-hydrogen) atoms. The van der Waals surface area contributed by atoms with Crippen molar-refractivity contribution in [1.29, 1.82) is 0 Å². The van der Waals surface area contributed by atoms with E-state index in [1.165, 1.54) is 12.3 Å². The van der Waals surface area contributed by atoms with Gasteiger partial charge in [0.05, 0.1) is 6.61 Å². The van der Waals surface area contributed by atoms with Gasteiger partial charge >= 0.3 is 21.3 Å². The molecule has 1 fully saturated rings. The minimum Gasteiger partial charge on any atom is -0.383 e. The molecule has 0 spiro atoms. The highest BCUT2D eigenvalue weighted by molar-refractivity contribution is 8.00. The van der Waals surface area contributed by atoms with Gasteiger partial charge in [0.25, 0.3) is 7.47 Å². The van der Waals surface area contributed by atoms with Gasteiger partial charge in [-0.2, -0.15) is 9.29 Å². The number of thioether (sulfide) groups is 1. The molecule has 4 atom stereocenters. The third-order valence-electron chi connectivity index (χ3n) is 2.71. The Balaban J connectivity index is 1.91. The fourth-order valence-electron chi connectivity index (χ4n) is 1.80. The average molecular weight is 463 g/mol. The van der Waals surface area contributed by atoms with Crippen LogP contribution < -0.4 is 11.4 Å². The molecule has 0 aliphatic carbocycles. The summed E-state index contributed by atoms with van der Waals surface area (Å²) in [6, 6.07) is 1.39. The van der Waals surface area contributed by atoms with Gasteiger partial charge < -0.3 is 29.7 Å².